The summed E-state index contributed by atoms with van der Waals surface area (Å²) in [6.45, 7) is 2.66. The molecule has 0 radical (unpaired) electrons. The van der Waals surface area contributed by atoms with Crippen molar-refractivity contribution >= 4 is 12.4 Å². The van der Waals surface area contributed by atoms with Gasteiger partial charge in [-0.05, 0) is 29.7 Å². The fourth-order valence-electron chi connectivity index (χ4n) is 2.88. The van der Waals surface area contributed by atoms with Crippen molar-refractivity contribution in [3.63, 3.8) is 0 Å². The Morgan fingerprint density at radius 1 is 0.846 bits per heavy atom. The largest absolute Gasteiger partial charge is 0.329 e. The van der Waals surface area contributed by atoms with E-state index in [1.165, 1.54) is 11.1 Å². The van der Waals surface area contributed by atoms with Gasteiger partial charge in [-0.25, -0.2) is 4.98 Å². The smallest absolute Gasteiger partial charge is 0.105 e. The molecule has 4 aromatic rings. The minimum Gasteiger partial charge on any atom is -0.329 e. The van der Waals surface area contributed by atoms with Crippen LogP contribution >= 0.6 is 12.4 Å². The van der Waals surface area contributed by atoms with Crippen molar-refractivity contribution in [1.29, 1.82) is 0 Å². The third-order valence-electron chi connectivity index (χ3n) is 4.29. The predicted octanol–water partition coefficient (Wildman–Crippen LogP) is 4.79. The van der Waals surface area contributed by atoms with E-state index in [9.17, 15) is 0 Å². The Morgan fingerprint density at radius 2 is 1.50 bits per heavy atom. The van der Waals surface area contributed by atoms with Gasteiger partial charge >= 0.3 is 0 Å². The lowest BCUT2D eigenvalue weighted by molar-refractivity contribution is 0.727. The van der Waals surface area contributed by atoms with Crippen LogP contribution in [0.3, 0.4) is 0 Å². The molecular weight excluding hydrogens is 344 g/mol. The molecule has 0 amide bonds. The topological polar surface area (TPSA) is 43.6 Å². The first kappa shape index (κ1) is 17.8. The van der Waals surface area contributed by atoms with E-state index < -0.39 is 0 Å². The molecule has 4 rings (SSSR count). The molecular formula is C21H19ClN4. The fraction of sp³-hybridized carbons (Fsp3) is 0.0952. The molecule has 130 valence electrons. The maximum absolute atomic E-state index is 4.25. The van der Waals surface area contributed by atoms with Gasteiger partial charge in [0.1, 0.15) is 5.82 Å². The van der Waals surface area contributed by atoms with E-state index in [0.29, 0.717) is 6.54 Å². The summed E-state index contributed by atoms with van der Waals surface area (Å²) in [6.07, 6.45) is 5.56. The summed E-state index contributed by atoms with van der Waals surface area (Å²) in [4.78, 5) is 4.25. The van der Waals surface area contributed by atoms with Gasteiger partial charge in [-0.15, -0.1) is 12.4 Å². The summed E-state index contributed by atoms with van der Waals surface area (Å²) in [5.74, 6) is 0.972. The normalized spacial score (nSPS) is 10.3. The van der Waals surface area contributed by atoms with Gasteiger partial charge in [-0.2, -0.15) is 10.2 Å². The summed E-state index contributed by atoms with van der Waals surface area (Å²) in [5.41, 5.74) is 5.56. The Kier molecular flexibility index (Phi) is 5.44. The van der Waals surface area contributed by atoms with E-state index in [2.05, 4.69) is 74.3 Å². The molecule has 0 aliphatic rings. The number of imidazole rings is 1. The molecule has 2 heterocycles. The van der Waals surface area contributed by atoms with Crippen molar-refractivity contribution < 1.29 is 0 Å². The molecule has 26 heavy (non-hydrogen) atoms. The van der Waals surface area contributed by atoms with Crippen molar-refractivity contribution in [1.82, 2.24) is 19.7 Å². The molecule has 0 spiro atoms. The molecule has 0 saturated heterocycles. The Bertz CT molecular complexity index is 978. The van der Waals surface area contributed by atoms with E-state index in [0.717, 1.165) is 22.6 Å². The second-order valence-electron chi connectivity index (χ2n) is 5.98. The third-order valence-corrected chi connectivity index (χ3v) is 4.29. The number of aryl methyl sites for hydroxylation is 1. The van der Waals surface area contributed by atoms with Gasteiger partial charge < -0.3 is 4.57 Å². The quantitative estimate of drug-likeness (QED) is 0.524. The van der Waals surface area contributed by atoms with Gasteiger partial charge in [0.25, 0.3) is 0 Å². The van der Waals surface area contributed by atoms with Gasteiger partial charge in [-0.1, -0.05) is 54.6 Å². The number of hydrogen-bond acceptors (Lipinski definition) is 3. The predicted molar refractivity (Wildman–Crippen MR) is 106 cm³/mol. The van der Waals surface area contributed by atoms with Crippen LogP contribution in [0.4, 0.5) is 0 Å². The summed E-state index contributed by atoms with van der Waals surface area (Å²) in [7, 11) is 0. The summed E-state index contributed by atoms with van der Waals surface area (Å²) in [6, 6.07) is 21.0. The monoisotopic (exact) mass is 362 g/mol. The molecule has 0 saturated carbocycles. The third kappa shape index (κ3) is 3.81. The van der Waals surface area contributed by atoms with Crippen molar-refractivity contribution in [3.05, 3.63) is 90.8 Å². The van der Waals surface area contributed by atoms with E-state index in [4.69, 9.17) is 0 Å². The molecule has 2 aromatic carbocycles. The van der Waals surface area contributed by atoms with Gasteiger partial charge in [-0.3, -0.25) is 0 Å². The molecule has 4 nitrogen and oxygen atoms in total. The number of hydrogen-bond donors (Lipinski definition) is 0. The van der Waals surface area contributed by atoms with Crippen molar-refractivity contribution in [2.75, 3.05) is 0 Å². The molecule has 0 N–H and O–H groups in total. The molecule has 0 unspecified atom stereocenters. The van der Waals surface area contributed by atoms with Gasteiger partial charge in [0.05, 0.1) is 18.4 Å². The minimum absolute atomic E-state index is 0. The SMILES string of the molecule is Cc1nccn1Cc1cc(-c2ccc(-c3ccccc3)cc2)cnn1.Cl. The first-order valence-corrected chi connectivity index (χ1v) is 8.25. The molecule has 0 aliphatic carbocycles. The Labute approximate surface area is 159 Å². The Morgan fingerprint density at radius 3 is 2.15 bits per heavy atom. The lowest BCUT2D eigenvalue weighted by Crippen LogP contribution is -2.04. The van der Waals surface area contributed by atoms with Crippen LogP contribution in [0.2, 0.25) is 0 Å². The summed E-state index contributed by atoms with van der Waals surface area (Å²) in [5, 5.41) is 8.42. The zero-order valence-electron chi connectivity index (χ0n) is 14.4. The van der Waals surface area contributed by atoms with Crippen molar-refractivity contribution in [3.8, 4) is 22.3 Å². The van der Waals surface area contributed by atoms with E-state index in [-0.39, 0.29) is 12.4 Å². The summed E-state index contributed by atoms with van der Waals surface area (Å²) < 4.78 is 2.06. The first-order valence-electron chi connectivity index (χ1n) is 8.25. The molecule has 0 aliphatic heterocycles. The number of rotatable bonds is 4. The number of nitrogens with zero attached hydrogens (tertiary/aromatic N) is 4. The number of aromatic nitrogens is 4. The number of benzene rings is 2. The average molecular weight is 363 g/mol. The van der Waals surface area contributed by atoms with Gasteiger partial charge in [0.2, 0.25) is 0 Å². The van der Waals surface area contributed by atoms with Crippen LogP contribution in [-0.2, 0) is 6.54 Å². The molecule has 2 aromatic heterocycles. The van der Waals surface area contributed by atoms with Crippen molar-refractivity contribution in [2.45, 2.75) is 13.5 Å². The van der Waals surface area contributed by atoms with Crippen LogP contribution in [0.15, 0.2) is 79.3 Å². The lowest BCUT2D eigenvalue weighted by atomic mass is 10.0. The second-order valence-corrected chi connectivity index (χ2v) is 5.98. The van der Waals surface area contributed by atoms with Crippen LogP contribution in [0.25, 0.3) is 22.3 Å². The maximum atomic E-state index is 4.25. The highest BCUT2D eigenvalue weighted by Gasteiger charge is 2.05. The average Bonchev–Trinajstić information content (AvgIpc) is 3.07. The van der Waals surface area contributed by atoms with Crippen molar-refractivity contribution in [2.24, 2.45) is 0 Å². The standard InChI is InChI=1S/C21H18N4.ClH/c1-16-22-11-12-25(16)15-21-13-20(14-23-24-21)19-9-7-18(8-10-19)17-5-3-2-4-6-17;/h2-14H,15H2,1H3;1H. The first-order chi connectivity index (χ1) is 12.3. The minimum atomic E-state index is 0. The zero-order valence-corrected chi connectivity index (χ0v) is 15.2. The highest BCUT2D eigenvalue weighted by Crippen LogP contribution is 2.24. The van der Waals surface area contributed by atoms with Crippen LogP contribution in [0, 0.1) is 6.92 Å². The summed E-state index contributed by atoms with van der Waals surface area (Å²) >= 11 is 0. The zero-order chi connectivity index (χ0) is 17.1. The molecule has 0 bridgehead atoms. The van der Waals surface area contributed by atoms with Crippen LogP contribution in [0.1, 0.15) is 11.5 Å². The van der Waals surface area contributed by atoms with Crippen LogP contribution in [0.5, 0.6) is 0 Å². The van der Waals surface area contributed by atoms with Gasteiger partial charge in [0.15, 0.2) is 0 Å². The van der Waals surface area contributed by atoms with E-state index in [1.807, 2.05) is 25.4 Å². The van der Waals surface area contributed by atoms with E-state index in [1.54, 1.807) is 6.20 Å². The number of halogens is 1. The Hall–Kier alpha value is -2.98. The van der Waals surface area contributed by atoms with Crippen LogP contribution in [-0.4, -0.2) is 19.7 Å². The molecule has 0 atom stereocenters. The highest BCUT2D eigenvalue weighted by atomic mass is 35.5. The van der Waals surface area contributed by atoms with Crippen LogP contribution < -0.4 is 0 Å². The second kappa shape index (κ2) is 7.93. The molecule has 5 heteroatoms. The van der Waals surface area contributed by atoms with E-state index >= 15 is 0 Å². The Balaban J connectivity index is 0.00000196. The lowest BCUT2D eigenvalue weighted by Gasteiger charge is -2.07. The fourth-order valence-corrected chi connectivity index (χ4v) is 2.88. The maximum Gasteiger partial charge on any atom is 0.105 e. The highest BCUT2D eigenvalue weighted by molar-refractivity contribution is 5.85. The van der Waals surface area contributed by atoms with Gasteiger partial charge in [0, 0.05) is 18.0 Å². The molecule has 0 fully saturated rings.